The van der Waals surface area contributed by atoms with Gasteiger partial charge in [0.1, 0.15) is 0 Å². The molecule has 0 aromatic heterocycles. The highest BCUT2D eigenvalue weighted by Gasteiger charge is 2.11. The molecule has 1 rings (SSSR count). The van der Waals surface area contributed by atoms with E-state index in [1.54, 1.807) is 0 Å². The molecule has 17 heavy (non-hydrogen) atoms. The molecular formula is C13H20N2O2. The molecule has 0 radical (unpaired) electrons. The zero-order chi connectivity index (χ0) is 12.7. The predicted octanol–water partition coefficient (Wildman–Crippen LogP) is 1.29. The number of carbonyl (C=O) groups excluding carboxylic acids is 1. The molecule has 0 saturated carbocycles. The molecule has 4 N–H and O–H groups in total. The molecule has 0 aliphatic rings. The second-order valence-corrected chi connectivity index (χ2v) is 4.05. The minimum Gasteiger partial charge on any atom is -0.396 e. The van der Waals surface area contributed by atoms with Crippen LogP contribution in [0, 0.1) is 0 Å². The van der Waals surface area contributed by atoms with E-state index < -0.39 is 6.04 Å². The summed E-state index contributed by atoms with van der Waals surface area (Å²) < 4.78 is 0. The van der Waals surface area contributed by atoms with Crippen molar-refractivity contribution in [3.63, 3.8) is 0 Å². The normalized spacial score (nSPS) is 12.2. The topological polar surface area (TPSA) is 75.4 Å². The Morgan fingerprint density at radius 2 is 2.06 bits per heavy atom. The quantitative estimate of drug-likeness (QED) is 0.696. The summed E-state index contributed by atoms with van der Waals surface area (Å²) in [5, 5.41) is 11.5. The first-order valence-corrected chi connectivity index (χ1v) is 5.93. The highest BCUT2D eigenvalue weighted by Crippen LogP contribution is 2.10. The predicted molar refractivity (Wildman–Crippen MR) is 68.7 cm³/mol. The molecule has 0 aliphatic heterocycles. The molecule has 94 valence electrons. The van der Waals surface area contributed by atoms with Crippen LogP contribution in [-0.4, -0.2) is 23.7 Å². The third-order valence-electron chi connectivity index (χ3n) is 2.56. The minimum atomic E-state index is -0.447. The van der Waals surface area contributed by atoms with Crippen LogP contribution in [-0.2, 0) is 11.2 Å². The van der Waals surface area contributed by atoms with Crippen molar-refractivity contribution in [3.8, 4) is 0 Å². The molecule has 0 spiro atoms. The maximum atomic E-state index is 11.6. The molecule has 1 amide bonds. The second-order valence-electron chi connectivity index (χ2n) is 4.05. The number of benzene rings is 1. The minimum absolute atomic E-state index is 0.132. The first kappa shape index (κ1) is 13.7. The van der Waals surface area contributed by atoms with E-state index in [0.29, 0.717) is 12.8 Å². The Labute approximate surface area is 102 Å². The zero-order valence-electron chi connectivity index (χ0n) is 10.1. The summed E-state index contributed by atoms with van der Waals surface area (Å²) >= 11 is 0. The van der Waals surface area contributed by atoms with Gasteiger partial charge in [-0.3, -0.25) is 4.79 Å². The van der Waals surface area contributed by atoms with Gasteiger partial charge in [-0.15, -0.1) is 0 Å². The van der Waals surface area contributed by atoms with E-state index in [4.69, 9.17) is 10.8 Å². The number of nitrogens with two attached hydrogens (primary N) is 1. The molecule has 0 bridgehead atoms. The fourth-order valence-corrected chi connectivity index (χ4v) is 1.56. The number of anilines is 1. The number of hydrogen-bond donors (Lipinski definition) is 3. The smallest absolute Gasteiger partial charge is 0.241 e. The van der Waals surface area contributed by atoms with Gasteiger partial charge in [0.25, 0.3) is 0 Å². The van der Waals surface area contributed by atoms with Crippen LogP contribution in [0.5, 0.6) is 0 Å². The van der Waals surface area contributed by atoms with Crippen LogP contribution < -0.4 is 11.1 Å². The number of carbonyl (C=O) groups is 1. The van der Waals surface area contributed by atoms with Gasteiger partial charge in [-0.05, 0) is 30.5 Å². The number of hydrogen-bond acceptors (Lipinski definition) is 3. The second kappa shape index (κ2) is 7.04. The van der Waals surface area contributed by atoms with E-state index >= 15 is 0 Å². The third-order valence-corrected chi connectivity index (χ3v) is 2.56. The first-order chi connectivity index (χ1) is 8.17. The van der Waals surface area contributed by atoms with Crippen molar-refractivity contribution < 1.29 is 9.90 Å². The number of rotatable bonds is 6. The molecule has 4 heteroatoms. The van der Waals surface area contributed by atoms with Crippen LogP contribution in [0.15, 0.2) is 24.3 Å². The Kier molecular flexibility index (Phi) is 5.66. The molecule has 0 heterocycles. The van der Waals surface area contributed by atoms with Crippen molar-refractivity contribution in [2.75, 3.05) is 11.9 Å². The van der Waals surface area contributed by atoms with E-state index in [0.717, 1.165) is 17.7 Å². The van der Waals surface area contributed by atoms with Gasteiger partial charge in [-0.2, -0.15) is 0 Å². The largest absolute Gasteiger partial charge is 0.396 e. The van der Waals surface area contributed by atoms with Gasteiger partial charge in [-0.25, -0.2) is 0 Å². The van der Waals surface area contributed by atoms with Crippen molar-refractivity contribution in [3.05, 3.63) is 29.8 Å². The van der Waals surface area contributed by atoms with E-state index in [1.165, 1.54) is 0 Å². The lowest BCUT2D eigenvalue weighted by Crippen LogP contribution is -2.35. The molecule has 1 aromatic rings. The summed E-state index contributed by atoms with van der Waals surface area (Å²) in [6.07, 6.45) is 2.21. The Morgan fingerprint density at radius 3 is 2.59 bits per heavy atom. The van der Waals surface area contributed by atoms with Crippen LogP contribution in [0.4, 0.5) is 5.69 Å². The van der Waals surface area contributed by atoms with Crippen molar-refractivity contribution in [1.29, 1.82) is 0 Å². The Bertz CT molecular complexity index is 349. The van der Waals surface area contributed by atoms with Crippen molar-refractivity contribution in [2.24, 2.45) is 5.73 Å². The Hall–Kier alpha value is -1.39. The van der Waals surface area contributed by atoms with Gasteiger partial charge in [0.15, 0.2) is 0 Å². The Balaban J connectivity index is 2.53. The van der Waals surface area contributed by atoms with Gasteiger partial charge in [0, 0.05) is 12.3 Å². The number of amides is 1. The summed E-state index contributed by atoms with van der Waals surface area (Å²) in [4.78, 5) is 11.6. The highest BCUT2D eigenvalue weighted by molar-refractivity contribution is 5.94. The summed E-state index contributed by atoms with van der Waals surface area (Å²) in [5.41, 5.74) is 7.49. The third kappa shape index (κ3) is 4.54. The maximum absolute atomic E-state index is 11.6. The van der Waals surface area contributed by atoms with Gasteiger partial charge < -0.3 is 16.2 Å². The van der Waals surface area contributed by atoms with Crippen molar-refractivity contribution in [2.45, 2.75) is 32.2 Å². The van der Waals surface area contributed by atoms with Crippen LogP contribution in [0.1, 0.15) is 25.3 Å². The van der Waals surface area contributed by atoms with Crippen molar-refractivity contribution >= 4 is 11.6 Å². The van der Waals surface area contributed by atoms with E-state index in [-0.39, 0.29) is 12.5 Å². The zero-order valence-corrected chi connectivity index (χ0v) is 10.1. The fourth-order valence-electron chi connectivity index (χ4n) is 1.56. The van der Waals surface area contributed by atoms with Gasteiger partial charge >= 0.3 is 0 Å². The summed E-state index contributed by atoms with van der Waals surface area (Å²) in [7, 11) is 0. The molecule has 1 atom stereocenters. The average Bonchev–Trinajstić information content (AvgIpc) is 2.32. The average molecular weight is 236 g/mol. The monoisotopic (exact) mass is 236 g/mol. The Morgan fingerprint density at radius 1 is 1.41 bits per heavy atom. The van der Waals surface area contributed by atoms with E-state index in [1.807, 2.05) is 31.2 Å². The lowest BCUT2D eigenvalue weighted by molar-refractivity contribution is -0.117. The highest BCUT2D eigenvalue weighted by atomic mass is 16.2. The SMILES string of the molecule is CCC[C@@H](N)C(=O)Nc1ccc(CCO)cc1. The fraction of sp³-hybridized carbons (Fsp3) is 0.462. The standard InChI is InChI=1S/C13H20N2O2/c1-2-3-12(14)13(17)15-11-6-4-10(5-7-11)8-9-16/h4-7,12,16H,2-3,8-9,14H2,1H3,(H,15,17)/t12-/m1/s1. The molecule has 0 unspecified atom stereocenters. The molecule has 0 saturated heterocycles. The van der Waals surface area contributed by atoms with Gasteiger partial charge in [0.05, 0.1) is 6.04 Å². The number of aliphatic hydroxyl groups excluding tert-OH is 1. The molecule has 0 aliphatic carbocycles. The molecule has 4 nitrogen and oxygen atoms in total. The number of nitrogens with one attached hydrogen (secondary N) is 1. The summed E-state index contributed by atoms with van der Waals surface area (Å²) in [6.45, 7) is 2.13. The lowest BCUT2D eigenvalue weighted by atomic mass is 10.1. The van der Waals surface area contributed by atoms with Crippen molar-refractivity contribution in [1.82, 2.24) is 0 Å². The van der Waals surface area contributed by atoms with E-state index in [2.05, 4.69) is 5.32 Å². The lowest BCUT2D eigenvalue weighted by Gasteiger charge is -2.11. The maximum Gasteiger partial charge on any atom is 0.241 e. The van der Waals surface area contributed by atoms with Gasteiger partial charge in [0.2, 0.25) is 5.91 Å². The molecule has 0 fully saturated rings. The molecule has 1 aromatic carbocycles. The van der Waals surface area contributed by atoms with Crippen LogP contribution in [0.2, 0.25) is 0 Å². The van der Waals surface area contributed by atoms with Crippen LogP contribution in [0.3, 0.4) is 0 Å². The molecular weight excluding hydrogens is 216 g/mol. The number of aliphatic hydroxyl groups is 1. The first-order valence-electron chi connectivity index (χ1n) is 5.93. The summed E-state index contributed by atoms with van der Waals surface area (Å²) in [6, 6.07) is 6.97. The summed E-state index contributed by atoms with van der Waals surface area (Å²) in [5.74, 6) is -0.151. The van der Waals surface area contributed by atoms with Crippen LogP contribution >= 0.6 is 0 Å². The van der Waals surface area contributed by atoms with Gasteiger partial charge in [-0.1, -0.05) is 25.5 Å². The van der Waals surface area contributed by atoms with Crippen LogP contribution in [0.25, 0.3) is 0 Å². The van der Waals surface area contributed by atoms with E-state index in [9.17, 15) is 4.79 Å².